The van der Waals surface area contributed by atoms with Gasteiger partial charge in [0.1, 0.15) is 0 Å². The molecule has 0 fully saturated rings. The first-order valence-corrected chi connectivity index (χ1v) is 13.9. The minimum atomic E-state index is 0.638. The van der Waals surface area contributed by atoms with Gasteiger partial charge in [0.15, 0.2) is 3.95 Å². The number of aliphatic imine (C=N–C) groups is 1. The van der Waals surface area contributed by atoms with E-state index in [-0.39, 0.29) is 0 Å². The molecule has 5 aromatic rings. The smallest absolute Gasteiger partial charge is 0.282 e. The molecule has 0 aliphatic carbocycles. The molecule has 0 bridgehead atoms. The molecule has 6 nitrogen and oxygen atoms in total. The van der Waals surface area contributed by atoms with Crippen LogP contribution in [0.15, 0.2) is 76.4 Å². The number of nitrogens with zero attached hydrogens (tertiary/aromatic N) is 5. The number of benzene rings is 2. The second kappa shape index (κ2) is 10.1. The number of fused-ring (bicyclic) bond motifs is 1. The van der Waals surface area contributed by atoms with Crippen LogP contribution in [0.5, 0.6) is 0 Å². The van der Waals surface area contributed by atoms with Crippen molar-refractivity contribution in [2.75, 3.05) is 23.4 Å². The third kappa shape index (κ3) is 4.41. The van der Waals surface area contributed by atoms with Crippen molar-refractivity contribution in [1.29, 1.82) is 0 Å². The third-order valence-corrected chi connectivity index (χ3v) is 8.48. The van der Waals surface area contributed by atoms with E-state index >= 15 is 0 Å². The number of guanidine groups is 1. The minimum absolute atomic E-state index is 0.638. The van der Waals surface area contributed by atoms with E-state index in [2.05, 4.69) is 64.4 Å². The Labute approximate surface area is 215 Å². The van der Waals surface area contributed by atoms with Crippen LogP contribution in [0.4, 0.5) is 5.13 Å². The third-order valence-electron chi connectivity index (χ3n) is 5.19. The summed E-state index contributed by atoms with van der Waals surface area (Å²) >= 11 is 10.5. The van der Waals surface area contributed by atoms with E-state index in [1.54, 1.807) is 22.7 Å². The van der Waals surface area contributed by atoms with Gasteiger partial charge in [0.2, 0.25) is 5.96 Å². The van der Waals surface area contributed by atoms with Crippen LogP contribution < -0.4 is 14.8 Å². The van der Waals surface area contributed by atoms with E-state index in [9.17, 15) is 0 Å². The SMILES string of the molecule is CCN=C(Nn1c(-c2ccccc2)csc1=S)N(CC)c1n[n+]2c(-c3ccccc3)csc2s1. The molecule has 1 N–H and O–H groups in total. The number of rotatable bonds is 6. The number of hydrogen-bond donors (Lipinski definition) is 1. The van der Waals surface area contributed by atoms with Gasteiger partial charge in [-0.15, -0.1) is 11.3 Å². The Hall–Kier alpha value is -2.92. The van der Waals surface area contributed by atoms with Crippen LogP contribution in [0.2, 0.25) is 0 Å². The number of anilines is 1. The van der Waals surface area contributed by atoms with Crippen molar-refractivity contribution in [3.8, 4) is 22.5 Å². The van der Waals surface area contributed by atoms with E-state index < -0.39 is 0 Å². The lowest BCUT2D eigenvalue weighted by Crippen LogP contribution is -2.41. The Balaban J connectivity index is 1.52. The summed E-state index contributed by atoms with van der Waals surface area (Å²) < 4.78 is 5.82. The predicted octanol–water partition coefficient (Wildman–Crippen LogP) is 6.32. The molecule has 0 unspecified atom stereocenters. The highest BCUT2D eigenvalue weighted by Gasteiger charge is 2.27. The van der Waals surface area contributed by atoms with Gasteiger partial charge >= 0.3 is 4.14 Å². The number of thiazole rings is 2. The highest BCUT2D eigenvalue weighted by molar-refractivity contribution is 7.73. The van der Waals surface area contributed by atoms with Crippen LogP contribution in [0.1, 0.15) is 13.8 Å². The average molecular weight is 524 g/mol. The molecule has 0 saturated heterocycles. The van der Waals surface area contributed by atoms with Crippen molar-refractivity contribution < 1.29 is 4.52 Å². The van der Waals surface area contributed by atoms with Crippen LogP contribution in [0.25, 0.3) is 26.7 Å². The first-order chi connectivity index (χ1) is 16.7. The van der Waals surface area contributed by atoms with E-state index in [1.807, 2.05) is 40.4 Å². The van der Waals surface area contributed by atoms with Gasteiger partial charge in [-0.2, -0.15) is 0 Å². The molecule has 5 rings (SSSR count). The molecule has 0 aliphatic heterocycles. The van der Waals surface area contributed by atoms with Crippen molar-refractivity contribution in [1.82, 2.24) is 9.77 Å². The van der Waals surface area contributed by atoms with Crippen molar-refractivity contribution >= 4 is 61.5 Å². The number of hydrogen-bond acceptors (Lipinski definition) is 6. The molecule has 3 heterocycles. The lowest BCUT2D eigenvalue weighted by Gasteiger charge is -2.22. The minimum Gasteiger partial charge on any atom is -0.282 e. The molecule has 172 valence electrons. The van der Waals surface area contributed by atoms with E-state index in [0.29, 0.717) is 13.1 Å². The summed E-state index contributed by atoms with van der Waals surface area (Å²) in [7, 11) is 0. The standard InChI is InChI=1S/C24H23N6S4/c1-3-25-21(26-29-19(15-32-23(29)31)17-11-7-5-8-12-17)28(4-2)22-27-30-20(16-33-24(30)34-22)18-13-9-6-10-14-18/h5-16H,3-4H2,1-2H3,(H,25,26)/q+1. The van der Waals surface area contributed by atoms with E-state index in [1.165, 1.54) is 11.3 Å². The molecular weight excluding hydrogens is 501 g/mol. The summed E-state index contributed by atoms with van der Waals surface area (Å²) in [5.41, 5.74) is 7.83. The Morgan fingerprint density at radius 3 is 2.41 bits per heavy atom. The van der Waals surface area contributed by atoms with Gasteiger partial charge in [0.05, 0.1) is 16.6 Å². The summed E-state index contributed by atoms with van der Waals surface area (Å²) in [5, 5.41) is 10.1. The van der Waals surface area contributed by atoms with Crippen LogP contribution in [-0.4, -0.2) is 28.8 Å². The summed E-state index contributed by atoms with van der Waals surface area (Å²) in [6.07, 6.45) is 0. The fraction of sp³-hybridized carbons (Fsp3) is 0.167. The van der Waals surface area contributed by atoms with Crippen molar-refractivity contribution in [2.45, 2.75) is 13.8 Å². The summed E-state index contributed by atoms with van der Waals surface area (Å²) in [5.74, 6) is 0.722. The fourth-order valence-corrected chi connectivity index (χ4v) is 6.66. The largest absolute Gasteiger partial charge is 0.354 e. The summed E-state index contributed by atoms with van der Waals surface area (Å²) in [6, 6.07) is 20.6. The van der Waals surface area contributed by atoms with Crippen LogP contribution in [0.3, 0.4) is 0 Å². The lowest BCUT2D eigenvalue weighted by atomic mass is 10.2. The molecule has 2 aromatic carbocycles. The summed E-state index contributed by atoms with van der Waals surface area (Å²) in [6.45, 7) is 5.49. The molecule has 0 aliphatic rings. The highest BCUT2D eigenvalue weighted by Crippen LogP contribution is 2.29. The molecule has 3 aromatic heterocycles. The lowest BCUT2D eigenvalue weighted by molar-refractivity contribution is -0.559. The van der Waals surface area contributed by atoms with E-state index in [4.69, 9.17) is 22.3 Å². The van der Waals surface area contributed by atoms with E-state index in [0.717, 1.165) is 41.7 Å². The molecule has 0 radical (unpaired) electrons. The molecule has 0 amide bonds. The maximum absolute atomic E-state index is 5.65. The zero-order valence-electron chi connectivity index (χ0n) is 18.7. The van der Waals surface area contributed by atoms with Crippen molar-refractivity contribution in [2.24, 2.45) is 4.99 Å². The Bertz CT molecular complexity index is 1480. The molecule has 0 saturated carbocycles. The maximum Gasteiger partial charge on any atom is 0.354 e. The number of aromatic nitrogens is 3. The van der Waals surface area contributed by atoms with Crippen molar-refractivity contribution in [3.63, 3.8) is 0 Å². The predicted molar refractivity (Wildman–Crippen MR) is 148 cm³/mol. The van der Waals surface area contributed by atoms with Gasteiger partial charge in [-0.1, -0.05) is 59.9 Å². The highest BCUT2D eigenvalue weighted by atomic mass is 32.2. The Kier molecular flexibility index (Phi) is 6.82. The zero-order valence-corrected chi connectivity index (χ0v) is 22.0. The Morgan fingerprint density at radius 1 is 1.03 bits per heavy atom. The fourth-order valence-electron chi connectivity index (χ4n) is 3.59. The first kappa shape index (κ1) is 22.9. The van der Waals surface area contributed by atoms with Crippen LogP contribution in [-0.2, 0) is 0 Å². The normalized spacial score (nSPS) is 11.8. The van der Waals surface area contributed by atoms with Gasteiger partial charge in [-0.3, -0.25) is 15.3 Å². The first-order valence-electron chi connectivity index (χ1n) is 10.9. The van der Waals surface area contributed by atoms with Gasteiger partial charge in [-0.25, -0.2) is 4.68 Å². The second-order valence-corrected chi connectivity index (χ2v) is 10.9. The Morgan fingerprint density at radius 2 is 1.74 bits per heavy atom. The molecular formula is C24H23N6S4+. The van der Waals surface area contributed by atoms with Crippen LogP contribution in [0, 0.1) is 3.95 Å². The van der Waals surface area contributed by atoms with Crippen molar-refractivity contribution in [3.05, 3.63) is 75.4 Å². The second-order valence-electron chi connectivity index (χ2n) is 7.29. The molecule has 34 heavy (non-hydrogen) atoms. The molecule has 0 atom stereocenters. The van der Waals surface area contributed by atoms with Gasteiger partial charge in [0, 0.05) is 29.1 Å². The van der Waals surface area contributed by atoms with Gasteiger partial charge in [-0.05, 0) is 54.1 Å². The molecule has 10 heteroatoms. The van der Waals surface area contributed by atoms with Gasteiger partial charge < -0.3 is 0 Å². The maximum atomic E-state index is 5.65. The molecule has 0 spiro atoms. The monoisotopic (exact) mass is 523 g/mol. The topological polar surface area (TPSA) is 49.6 Å². The number of nitrogens with one attached hydrogen (secondary N) is 1. The summed E-state index contributed by atoms with van der Waals surface area (Å²) in [4.78, 5) is 6.90. The van der Waals surface area contributed by atoms with Crippen LogP contribution >= 0.6 is 46.2 Å². The van der Waals surface area contributed by atoms with Gasteiger partial charge in [0.25, 0.3) is 10.8 Å². The quantitative estimate of drug-likeness (QED) is 0.123. The zero-order chi connectivity index (χ0) is 23.5. The average Bonchev–Trinajstić information content (AvgIpc) is 3.56.